The zero-order valence-corrected chi connectivity index (χ0v) is 14.8. The number of carbonyl (C=O) groups is 1. The van der Waals surface area contributed by atoms with E-state index in [1.54, 1.807) is 0 Å². The van der Waals surface area contributed by atoms with Crippen molar-refractivity contribution in [3.63, 3.8) is 0 Å². The Labute approximate surface area is 151 Å². The average molecular weight is 409 g/mol. The normalized spacial score (nSPS) is 10.2. The summed E-state index contributed by atoms with van der Waals surface area (Å²) in [6.45, 7) is 2.09. The van der Waals surface area contributed by atoms with Gasteiger partial charge in [-0.2, -0.15) is 0 Å². The molecule has 2 aromatic carbocycles. The molecule has 0 saturated heterocycles. The largest absolute Gasteiger partial charge is 0.505 e. The minimum atomic E-state index is -1.33. The van der Waals surface area contributed by atoms with E-state index >= 15 is 0 Å². The molecule has 3 N–H and O–H groups in total. The second-order valence-corrected chi connectivity index (χ2v) is 5.76. The molecule has 0 saturated carbocycles. The van der Waals surface area contributed by atoms with Gasteiger partial charge in [0, 0.05) is 10.7 Å². The number of rotatable bonds is 2. The lowest BCUT2D eigenvalue weighted by Gasteiger charge is -2.02. The van der Waals surface area contributed by atoms with Gasteiger partial charge >= 0.3 is 0 Å². The first-order chi connectivity index (χ1) is 11.8. The average Bonchev–Trinajstić information content (AvgIpc) is 2.59. The highest BCUT2D eigenvalue weighted by atomic mass is 79.9. The van der Waals surface area contributed by atoms with Crippen LogP contribution in [0, 0.1) is 18.6 Å². The van der Waals surface area contributed by atoms with Crippen LogP contribution in [0.4, 0.5) is 8.78 Å². The fourth-order valence-electron chi connectivity index (χ4n) is 2.18. The van der Waals surface area contributed by atoms with Gasteiger partial charge in [0.2, 0.25) is 0 Å². The topological polar surface area (TPSA) is 76.2 Å². The van der Waals surface area contributed by atoms with Crippen molar-refractivity contribution >= 4 is 32.7 Å². The van der Waals surface area contributed by atoms with Crippen LogP contribution in [0.5, 0.6) is 5.75 Å². The number of amides is 1. The quantitative estimate of drug-likeness (QED) is 0.623. The van der Waals surface area contributed by atoms with E-state index in [1.807, 2.05) is 0 Å². The summed E-state index contributed by atoms with van der Waals surface area (Å²) in [7, 11) is 0. The smallest absolute Gasteiger partial charge is 0.254 e. The molecule has 3 aromatic rings. The molecule has 0 spiro atoms. The Morgan fingerprint density at radius 2 is 1.92 bits per heavy atom. The van der Waals surface area contributed by atoms with E-state index in [-0.39, 0.29) is 0 Å². The Hall–Kier alpha value is -2.54. The second-order valence-electron chi connectivity index (χ2n) is 5.20. The number of phenolic OH excluding ortho intramolecular Hbond substituents is 1. The van der Waals surface area contributed by atoms with E-state index in [9.17, 15) is 13.6 Å². The number of pyridine rings is 1. The third-order valence-electron chi connectivity index (χ3n) is 3.43. The van der Waals surface area contributed by atoms with Gasteiger partial charge in [-0.05, 0) is 30.7 Å². The lowest BCUT2D eigenvalue weighted by molar-refractivity contribution is 0.0991. The molecule has 0 atom stereocenters. The SMILES string of the molecule is Cc1cccc2ccc(CBr)nc12.NC(=O)c1c(F)ccc(O)c1F. The van der Waals surface area contributed by atoms with Gasteiger partial charge in [0.25, 0.3) is 5.91 Å². The highest BCUT2D eigenvalue weighted by Gasteiger charge is 2.17. The lowest BCUT2D eigenvalue weighted by atomic mass is 10.1. The predicted molar refractivity (Wildman–Crippen MR) is 95.7 cm³/mol. The number of halogens is 3. The first-order valence-electron chi connectivity index (χ1n) is 7.23. The first kappa shape index (κ1) is 18.8. The number of benzene rings is 2. The van der Waals surface area contributed by atoms with Crippen molar-refractivity contribution < 1.29 is 18.7 Å². The molecule has 1 aromatic heterocycles. The van der Waals surface area contributed by atoms with Crippen LogP contribution in [0.15, 0.2) is 42.5 Å². The van der Waals surface area contributed by atoms with Gasteiger partial charge in [-0.25, -0.2) is 8.78 Å². The van der Waals surface area contributed by atoms with Crippen LogP contribution in [0.25, 0.3) is 10.9 Å². The summed E-state index contributed by atoms with van der Waals surface area (Å²) in [6.07, 6.45) is 0. The monoisotopic (exact) mass is 408 g/mol. The molecule has 7 heteroatoms. The number of alkyl halides is 1. The minimum Gasteiger partial charge on any atom is -0.505 e. The molecule has 0 bridgehead atoms. The van der Waals surface area contributed by atoms with Gasteiger partial charge in [0.05, 0.1) is 11.2 Å². The molecule has 25 heavy (non-hydrogen) atoms. The molecule has 0 fully saturated rings. The number of nitrogens with two attached hydrogens (primary N) is 1. The van der Waals surface area contributed by atoms with Gasteiger partial charge in [0.15, 0.2) is 11.6 Å². The van der Waals surface area contributed by atoms with Gasteiger partial charge in [-0.1, -0.05) is 40.2 Å². The Morgan fingerprint density at radius 3 is 2.52 bits per heavy atom. The number of fused-ring (bicyclic) bond motifs is 1. The summed E-state index contributed by atoms with van der Waals surface area (Å²) >= 11 is 3.41. The van der Waals surface area contributed by atoms with Crippen molar-refractivity contribution in [1.29, 1.82) is 0 Å². The van der Waals surface area contributed by atoms with Crippen molar-refractivity contribution in [2.45, 2.75) is 12.3 Å². The van der Waals surface area contributed by atoms with Crippen molar-refractivity contribution in [3.05, 3.63) is 70.9 Å². The van der Waals surface area contributed by atoms with Crippen molar-refractivity contribution in [1.82, 2.24) is 4.98 Å². The molecule has 3 rings (SSSR count). The summed E-state index contributed by atoms with van der Waals surface area (Å²) in [5.41, 5.74) is 7.16. The third kappa shape index (κ3) is 4.30. The summed E-state index contributed by atoms with van der Waals surface area (Å²) < 4.78 is 25.4. The van der Waals surface area contributed by atoms with E-state index in [2.05, 4.69) is 63.9 Å². The fraction of sp³-hybridized carbons (Fsp3) is 0.111. The van der Waals surface area contributed by atoms with E-state index < -0.39 is 28.9 Å². The van der Waals surface area contributed by atoms with Crippen LogP contribution in [-0.2, 0) is 5.33 Å². The zero-order valence-electron chi connectivity index (χ0n) is 13.3. The fourth-order valence-corrected chi connectivity index (χ4v) is 2.49. The lowest BCUT2D eigenvalue weighted by Crippen LogP contribution is -2.15. The van der Waals surface area contributed by atoms with Crippen molar-refractivity contribution in [2.24, 2.45) is 5.73 Å². The van der Waals surface area contributed by atoms with Gasteiger partial charge < -0.3 is 10.8 Å². The molecular formula is C18H15BrF2N2O2. The van der Waals surface area contributed by atoms with E-state index in [4.69, 9.17) is 5.11 Å². The highest BCUT2D eigenvalue weighted by molar-refractivity contribution is 9.08. The molecular weight excluding hydrogens is 394 g/mol. The Kier molecular flexibility index (Phi) is 6.03. The van der Waals surface area contributed by atoms with E-state index in [0.29, 0.717) is 0 Å². The molecule has 4 nitrogen and oxygen atoms in total. The van der Waals surface area contributed by atoms with Crippen molar-refractivity contribution in [3.8, 4) is 5.75 Å². The van der Waals surface area contributed by atoms with E-state index in [0.717, 1.165) is 28.7 Å². The van der Waals surface area contributed by atoms with Crippen LogP contribution in [-0.4, -0.2) is 16.0 Å². The second kappa shape index (κ2) is 8.02. The number of nitrogens with zero attached hydrogens (tertiary/aromatic N) is 1. The first-order valence-corrected chi connectivity index (χ1v) is 8.35. The Morgan fingerprint density at radius 1 is 1.20 bits per heavy atom. The maximum Gasteiger partial charge on any atom is 0.254 e. The minimum absolute atomic E-state index is 0.762. The number of aromatic nitrogens is 1. The third-order valence-corrected chi connectivity index (χ3v) is 4.01. The Balaban J connectivity index is 0.000000181. The van der Waals surface area contributed by atoms with Gasteiger partial charge in [-0.15, -0.1) is 0 Å². The number of hydrogen-bond acceptors (Lipinski definition) is 3. The van der Waals surface area contributed by atoms with Crippen LogP contribution in [0.2, 0.25) is 0 Å². The number of carbonyl (C=O) groups excluding carboxylic acids is 1. The number of aromatic hydroxyl groups is 1. The van der Waals surface area contributed by atoms with Crippen LogP contribution >= 0.6 is 15.9 Å². The molecule has 0 aliphatic heterocycles. The van der Waals surface area contributed by atoms with Crippen LogP contribution in [0.3, 0.4) is 0 Å². The number of primary amides is 1. The molecule has 0 aliphatic rings. The van der Waals surface area contributed by atoms with Crippen LogP contribution < -0.4 is 5.73 Å². The highest BCUT2D eigenvalue weighted by Crippen LogP contribution is 2.21. The number of hydrogen-bond donors (Lipinski definition) is 2. The molecule has 0 unspecified atom stereocenters. The Bertz CT molecular complexity index is 932. The van der Waals surface area contributed by atoms with Gasteiger partial charge in [0.1, 0.15) is 11.4 Å². The summed E-state index contributed by atoms with van der Waals surface area (Å²) in [6, 6.07) is 12.0. The molecule has 0 radical (unpaired) electrons. The molecule has 1 heterocycles. The maximum absolute atomic E-state index is 12.7. The predicted octanol–water partition coefficient (Wildman–Crippen LogP) is 4.21. The maximum atomic E-state index is 12.7. The molecule has 1 amide bonds. The standard InChI is InChI=1S/C11H10BrN.C7H5F2NO2/c1-8-3-2-4-9-5-6-10(7-12)13-11(8)9;8-3-1-2-4(11)6(9)5(3)7(10)12/h2-6H,7H2,1H3;1-2,11H,(H2,10,12). The zero-order chi connectivity index (χ0) is 18.6. The number of aryl methyl sites for hydroxylation is 1. The summed E-state index contributed by atoms with van der Waals surface area (Å²) in [5, 5.41) is 10.8. The molecule has 130 valence electrons. The van der Waals surface area contributed by atoms with E-state index in [1.165, 1.54) is 10.9 Å². The number of para-hydroxylation sites is 1. The van der Waals surface area contributed by atoms with Gasteiger partial charge in [-0.3, -0.25) is 9.78 Å². The van der Waals surface area contributed by atoms with Crippen molar-refractivity contribution in [2.75, 3.05) is 0 Å². The summed E-state index contributed by atoms with van der Waals surface area (Å²) in [5.74, 6) is -4.47. The summed E-state index contributed by atoms with van der Waals surface area (Å²) in [4.78, 5) is 15.0. The van der Waals surface area contributed by atoms with Crippen LogP contribution in [0.1, 0.15) is 21.6 Å². The number of phenols is 1. The molecule has 0 aliphatic carbocycles.